The van der Waals surface area contributed by atoms with Crippen LogP contribution in [0.2, 0.25) is 0 Å². The highest BCUT2D eigenvalue weighted by atomic mass is 32.1. The van der Waals surface area contributed by atoms with E-state index >= 15 is 0 Å². The van der Waals surface area contributed by atoms with E-state index in [1.807, 2.05) is 24.3 Å². The lowest BCUT2D eigenvalue weighted by atomic mass is 10.2. The van der Waals surface area contributed by atoms with E-state index in [-0.39, 0.29) is 0 Å². The molecule has 0 aliphatic heterocycles. The molecule has 0 unspecified atom stereocenters. The summed E-state index contributed by atoms with van der Waals surface area (Å²) in [5.41, 5.74) is 1.60. The second-order valence-corrected chi connectivity index (χ2v) is 4.77. The zero-order chi connectivity index (χ0) is 15.2. The van der Waals surface area contributed by atoms with Gasteiger partial charge in [-0.05, 0) is 30.3 Å². The molecule has 0 bridgehead atoms. The number of methoxy groups -OCH3 is 1. The van der Waals surface area contributed by atoms with Crippen LogP contribution in [0.5, 0.6) is 5.75 Å². The number of hydrogen-bond acceptors (Lipinski definition) is 6. The average molecular weight is 303 g/mol. The van der Waals surface area contributed by atoms with Crippen LogP contribution in [0.4, 0.5) is 5.13 Å². The Balaban J connectivity index is 2.07. The summed E-state index contributed by atoms with van der Waals surface area (Å²) in [6.45, 7) is 0. The molecule has 108 valence electrons. The molecule has 1 aromatic heterocycles. The number of aromatic nitrogens is 1. The van der Waals surface area contributed by atoms with Crippen LogP contribution in [-0.4, -0.2) is 24.0 Å². The standard InChI is InChI=1S/C14H12N2O4S/c1-20-10-4-2-9(3-5-10)11-8-21-14(15-11)16-12(17)6-7-13(18)19/h2-8H,1H3,(H,18,19)(H,15,16,17)/p-1. The second-order valence-electron chi connectivity index (χ2n) is 3.91. The van der Waals surface area contributed by atoms with Crippen molar-refractivity contribution in [2.45, 2.75) is 0 Å². The summed E-state index contributed by atoms with van der Waals surface area (Å²) >= 11 is 1.25. The Labute approximate surface area is 124 Å². The third-order valence-electron chi connectivity index (χ3n) is 2.49. The van der Waals surface area contributed by atoms with Crippen molar-refractivity contribution in [1.29, 1.82) is 0 Å². The molecular formula is C14H11N2O4S-. The summed E-state index contributed by atoms with van der Waals surface area (Å²) < 4.78 is 5.07. The number of amides is 1. The molecule has 1 heterocycles. The number of carbonyl (C=O) groups is 2. The monoisotopic (exact) mass is 303 g/mol. The van der Waals surface area contributed by atoms with E-state index in [9.17, 15) is 14.7 Å². The van der Waals surface area contributed by atoms with E-state index in [4.69, 9.17) is 4.74 Å². The van der Waals surface area contributed by atoms with Gasteiger partial charge in [0.25, 0.3) is 0 Å². The van der Waals surface area contributed by atoms with Gasteiger partial charge in [-0.15, -0.1) is 11.3 Å². The maximum absolute atomic E-state index is 11.4. The first-order valence-electron chi connectivity index (χ1n) is 5.88. The summed E-state index contributed by atoms with van der Waals surface area (Å²) in [5, 5.41) is 14.8. The second kappa shape index (κ2) is 6.67. The third-order valence-corrected chi connectivity index (χ3v) is 3.25. The number of carboxylic acid groups (broad SMARTS) is 1. The first-order chi connectivity index (χ1) is 10.1. The number of nitrogens with one attached hydrogen (secondary N) is 1. The van der Waals surface area contributed by atoms with Gasteiger partial charge in [-0.2, -0.15) is 0 Å². The molecule has 1 aromatic carbocycles. The number of thiazole rings is 1. The summed E-state index contributed by atoms with van der Waals surface area (Å²) in [7, 11) is 1.59. The molecule has 0 atom stereocenters. The van der Waals surface area contributed by atoms with Gasteiger partial charge < -0.3 is 14.6 Å². The van der Waals surface area contributed by atoms with Gasteiger partial charge in [-0.3, -0.25) is 10.1 Å². The number of anilines is 1. The summed E-state index contributed by atoms with van der Waals surface area (Å²) in [6, 6.07) is 7.34. The minimum atomic E-state index is -1.43. The zero-order valence-electron chi connectivity index (χ0n) is 11.0. The summed E-state index contributed by atoms with van der Waals surface area (Å²) in [4.78, 5) is 25.9. The first kappa shape index (κ1) is 14.7. The van der Waals surface area contributed by atoms with E-state index in [0.29, 0.717) is 16.9 Å². The quantitative estimate of drug-likeness (QED) is 0.834. The van der Waals surface area contributed by atoms with Gasteiger partial charge in [0.2, 0.25) is 5.91 Å². The van der Waals surface area contributed by atoms with Crippen LogP contribution in [0.3, 0.4) is 0 Å². The fourth-order valence-electron chi connectivity index (χ4n) is 1.52. The zero-order valence-corrected chi connectivity index (χ0v) is 11.8. The van der Waals surface area contributed by atoms with Crippen LogP contribution in [0.1, 0.15) is 0 Å². The molecule has 6 nitrogen and oxygen atoms in total. The van der Waals surface area contributed by atoms with Crippen molar-refractivity contribution in [3.05, 3.63) is 41.8 Å². The molecule has 21 heavy (non-hydrogen) atoms. The van der Waals surface area contributed by atoms with Crippen molar-refractivity contribution in [2.75, 3.05) is 12.4 Å². The van der Waals surface area contributed by atoms with Crippen LogP contribution in [0.15, 0.2) is 41.8 Å². The number of ether oxygens (including phenoxy) is 1. The number of rotatable bonds is 5. The Kier molecular flexibility index (Phi) is 4.68. The van der Waals surface area contributed by atoms with Gasteiger partial charge in [0.15, 0.2) is 5.13 Å². The number of nitrogens with zero attached hydrogens (tertiary/aromatic N) is 1. The first-order valence-corrected chi connectivity index (χ1v) is 6.76. The van der Waals surface area contributed by atoms with E-state index in [1.165, 1.54) is 11.3 Å². The van der Waals surface area contributed by atoms with Gasteiger partial charge in [0, 0.05) is 17.0 Å². The molecule has 0 aliphatic carbocycles. The Morgan fingerprint density at radius 2 is 2.00 bits per heavy atom. The number of carboxylic acids is 1. The number of hydrogen-bond donors (Lipinski definition) is 1. The Bertz CT molecular complexity index is 677. The van der Waals surface area contributed by atoms with E-state index in [0.717, 1.165) is 17.4 Å². The van der Waals surface area contributed by atoms with Crippen molar-refractivity contribution in [1.82, 2.24) is 4.98 Å². The Morgan fingerprint density at radius 1 is 1.29 bits per heavy atom. The summed E-state index contributed by atoms with van der Waals surface area (Å²) in [5.74, 6) is -1.26. The fraction of sp³-hybridized carbons (Fsp3) is 0.0714. The van der Waals surface area contributed by atoms with E-state index in [1.54, 1.807) is 12.5 Å². The molecule has 0 saturated heterocycles. The topological polar surface area (TPSA) is 91.3 Å². The molecule has 1 amide bonds. The minimum Gasteiger partial charge on any atom is -0.545 e. The Hall–Kier alpha value is -2.67. The lowest BCUT2D eigenvalue weighted by Gasteiger charge is -2.00. The molecule has 1 N–H and O–H groups in total. The molecular weight excluding hydrogens is 292 g/mol. The van der Waals surface area contributed by atoms with Gasteiger partial charge in [-0.1, -0.05) is 0 Å². The molecule has 0 aliphatic rings. The number of benzene rings is 1. The van der Waals surface area contributed by atoms with Crippen molar-refractivity contribution in [3.63, 3.8) is 0 Å². The predicted molar refractivity (Wildman–Crippen MR) is 76.9 cm³/mol. The fourth-order valence-corrected chi connectivity index (χ4v) is 2.24. The molecule has 2 aromatic rings. The molecule has 0 radical (unpaired) electrons. The van der Waals surface area contributed by atoms with Crippen LogP contribution >= 0.6 is 11.3 Å². The SMILES string of the molecule is COc1ccc(-c2csc(NC(=O)C=CC(=O)[O-])n2)cc1. The van der Waals surface area contributed by atoms with Crippen LogP contribution in [-0.2, 0) is 9.59 Å². The van der Waals surface area contributed by atoms with E-state index in [2.05, 4.69) is 10.3 Å². The molecule has 7 heteroatoms. The highest BCUT2D eigenvalue weighted by Crippen LogP contribution is 2.26. The third kappa shape index (κ3) is 4.15. The van der Waals surface area contributed by atoms with Crippen molar-refractivity contribution >= 4 is 28.3 Å². The lowest BCUT2D eigenvalue weighted by Crippen LogP contribution is -2.20. The lowest BCUT2D eigenvalue weighted by molar-refractivity contribution is -0.297. The average Bonchev–Trinajstić information content (AvgIpc) is 2.93. The van der Waals surface area contributed by atoms with Crippen molar-refractivity contribution < 1.29 is 19.4 Å². The number of carbonyl (C=O) groups excluding carboxylic acids is 2. The van der Waals surface area contributed by atoms with Crippen LogP contribution < -0.4 is 15.2 Å². The highest BCUT2D eigenvalue weighted by Gasteiger charge is 2.06. The normalized spacial score (nSPS) is 10.5. The molecule has 0 saturated carbocycles. The van der Waals surface area contributed by atoms with Gasteiger partial charge in [-0.25, -0.2) is 4.98 Å². The van der Waals surface area contributed by atoms with Crippen molar-refractivity contribution in [2.24, 2.45) is 0 Å². The van der Waals surface area contributed by atoms with Crippen LogP contribution in [0.25, 0.3) is 11.3 Å². The highest BCUT2D eigenvalue weighted by molar-refractivity contribution is 7.14. The van der Waals surface area contributed by atoms with Crippen LogP contribution in [0, 0.1) is 0 Å². The summed E-state index contributed by atoms with van der Waals surface area (Å²) in [6.07, 6.45) is 1.54. The van der Waals surface area contributed by atoms with Gasteiger partial charge in [0.1, 0.15) is 5.75 Å². The Morgan fingerprint density at radius 3 is 2.62 bits per heavy atom. The smallest absolute Gasteiger partial charge is 0.250 e. The maximum atomic E-state index is 11.4. The predicted octanol–water partition coefficient (Wildman–Crippen LogP) is 1.06. The molecule has 2 rings (SSSR count). The molecule has 0 fully saturated rings. The minimum absolute atomic E-state index is 0.383. The number of aliphatic carboxylic acids is 1. The van der Waals surface area contributed by atoms with E-state index < -0.39 is 11.9 Å². The van der Waals surface area contributed by atoms with Gasteiger partial charge in [0.05, 0.1) is 18.8 Å². The maximum Gasteiger partial charge on any atom is 0.250 e. The van der Waals surface area contributed by atoms with Crippen molar-refractivity contribution in [3.8, 4) is 17.0 Å². The van der Waals surface area contributed by atoms with Gasteiger partial charge >= 0.3 is 0 Å². The molecule has 0 spiro atoms. The largest absolute Gasteiger partial charge is 0.545 e.